The maximum atomic E-state index is 14.7. The molecular weight excluding hydrogens is 459 g/mol. The van der Waals surface area contributed by atoms with Crippen LogP contribution in [-0.4, -0.2) is 52.6 Å². The van der Waals surface area contributed by atoms with Gasteiger partial charge in [-0.05, 0) is 13.0 Å². The minimum atomic E-state index is -2.90. The van der Waals surface area contributed by atoms with Crippen molar-refractivity contribution in [3.05, 3.63) is 59.1 Å². The SMILES string of the molecule is CC(=O)N1CCN2c3cc4c(=N[C@H](C)c5cccc(C(F)F)c5F)ncn(C)c4cc3OC[C@H]2C1. The smallest absolute Gasteiger partial charge is 0.266 e. The lowest BCUT2D eigenvalue weighted by molar-refractivity contribution is -0.129. The highest BCUT2D eigenvalue weighted by molar-refractivity contribution is 5.86. The van der Waals surface area contributed by atoms with Gasteiger partial charge in [-0.25, -0.2) is 18.2 Å². The normalized spacial score (nSPS) is 18.9. The van der Waals surface area contributed by atoms with Gasteiger partial charge in [-0.15, -0.1) is 0 Å². The largest absolute Gasteiger partial charge is 0.489 e. The number of benzene rings is 2. The second-order valence-electron chi connectivity index (χ2n) is 9.00. The molecule has 0 bridgehead atoms. The minimum absolute atomic E-state index is 0.0357. The summed E-state index contributed by atoms with van der Waals surface area (Å²) in [4.78, 5) is 25.0. The lowest BCUT2D eigenvalue weighted by Crippen LogP contribution is -2.58. The zero-order valence-electron chi connectivity index (χ0n) is 19.7. The van der Waals surface area contributed by atoms with Gasteiger partial charge in [0.05, 0.1) is 35.2 Å². The fraction of sp³-hybridized carbons (Fsp3) is 0.400. The maximum absolute atomic E-state index is 14.7. The lowest BCUT2D eigenvalue weighted by Gasteiger charge is -2.45. The molecule has 184 valence electrons. The second kappa shape index (κ2) is 8.90. The Bertz CT molecular complexity index is 1370. The van der Waals surface area contributed by atoms with Crippen LogP contribution in [0, 0.1) is 5.82 Å². The summed E-state index contributed by atoms with van der Waals surface area (Å²) in [5.41, 5.74) is 1.56. The number of aromatic nitrogens is 2. The Balaban J connectivity index is 1.59. The molecule has 1 saturated heterocycles. The van der Waals surface area contributed by atoms with Crippen LogP contribution >= 0.6 is 0 Å². The summed E-state index contributed by atoms with van der Waals surface area (Å²) in [6, 6.07) is 7.17. The number of nitrogens with zero attached hydrogens (tertiary/aromatic N) is 5. The molecular formula is C25H26F3N5O2. The van der Waals surface area contributed by atoms with E-state index < -0.39 is 23.8 Å². The fourth-order valence-corrected chi connectivity index (χ4v) is 4.84. The number of rotatable bonds is 3. The van der Waals surface area contributed by atoms with E-state index in [0.717, 1.165) is 28.4 Å². The molecule has 2 atom stereocenters. The maximum Gasteiger partial charge on any atom is 0.266 e. The van der Waals surface area contributed by atoms with Crippen LogP contribution in [0.15, 0.2) is 41.7 Å². The van der Waals surface area contributed by atoms with Gasteiger partial charge < -0.3 is 19.1 Å². The van der Waals surface area contributed by atoms with Gasteiger partial charge in [0.1, 0.15) is 18.2 Å². The summed E-state index contributed by atoms with van der Waals surface area (Å²) in [5, 5.41) is 0.740. The Morgan fingerprint density at radius 3 is 2.74 bits per heavy atom. The lowest BCUT2D eigenvalue weighted by atomic mass is 10.0. The molecule has 5 rings (SSSR count). The van der Waals surface area contributed by atoms with E-state index >= 15 is 0 Å². The Kier molecular flexibility index (Phi) is 5.90. The van der Waals surface area contributed by atoms with Crippen LogP contribution in [0.4, 0.5) is 18.9 Å². The first-order valence-electron chi connectivity index (χ1n) is 11.5. The van der Waals surface area contributed by atoms with Crippen LogP contribution in [0.5, 0.6) is 5.75 Å². The van der Waals surface area contributed by atoms with Crippen LogP contribution in [0.1, 0.15) is 37.4 Å². The predicted octanol–water partition coefficient (Wildman–Crippen LogP) is 3.74. The van der Waals surface area contributed by atoms with E-state index in [1.165, 1.54) is 12.1 Å². The highest BCUT2D eigenvalue weighted by Gasteiger charge is 2.34. The number of piperazine rings is 1. The molecule has 0 aliphatic carbocycles. The summed E-state index contributed by atoms with van der Waals surface area (Å²) < 4.78 is 49.0. The van der Waals surface area contributed by atoms with Crippen molar-refractivity contribution in [2.24, 2.45) is 12.0 Å². The number of alkyl halides is 2. The highest BCUT2D eigenvalue weighted by Crippen LogP contribution is 2.38. The molecule has 0 saturated carbocycles. The number of aryl methyl sites for hydroxylation is 1. The molecule has 1 aromatic heterocycles. The average molecular weight is 486 g/mol. The summed E-state index contributed by atoms with van der Waals surface area (Å²) >= 11 is 0. The molecule has 10 heteroatoms. The van der Waals surface area contributed by atoms with E-state index in [-0.39, 0.29) is 17.5 Å². The Hall–Kier alpha value is -3.56. The first-order valence-corrected chi connectivity index (χ1v) is 11.5. The molecule has 3 heterocycles. The number of carbonyl (C=O) groups is 1. The Labute approximate surface area is 200 Å². The number of halogens is 3. The standard InChI is InChI=1S/C25H26F3N5O2/c1-14(17-5-4-6-18(23(17)26)24(27)28)30-25-19-9-21-22(10-20(19)31(3)13-29-25)35-12-16-11-32(15(2)34)7-8-33(16)21/h4-6,9-10,13-14,16,24H,7-8,11-12H2,1-3H3/t14-,16-/m1/s1. The number of fused-ring (bicyclic) bond motifs is 4. The Morgan fingerprint density at radius 1 is 1.23 bits per heavy atom. The van der Waals surface area contributed by atoms with Crippen LogP contribution in [0.3, 0.4) is 0 Å². The molecule has 35 heavy (non-hydrogen) atoms. The number of carbonyl (C=O) groups excluding carboxylic acids is 1. The number of hydrogen-bond acceptors (Lipinski definition) is 5. The third kappa shape index (κ3) is 4.11. The molecule has 0 unspecified atom stereocenters. The molecule has 3 aromatic rings. The molecule has 0 N–H and O–H groups in total. The van der Waals surface area contributed by atoms with Crippen molar-refractivity contribution in [3.8, 4) is 5.75 Å². The highest BCUT2D eigenvalue weighted by atomic mass is 19.3. The molecule has 7 nitrogen and oxygen atoms in total. The molecule has 0 radical (unpaired) electrons. The van der Waals surface area contributed by atoms with E-state index in [2.05, 4.69) is 14.9 Å². The third-order valence-electron chi connectivity index (χ3n) is 6.78. The summed E-state index contributed by atoms with van der Waals surface area (Å²) in [6.07, 6.45) is -1.29. The van der Waals surface area contributed by atoms with Gasteiger partial charge in [0.25, 0.3) is 6.43 Å². The molecule has 2 aromatic carbocycles. The van der Waals surface area contributed by atoms with Crippen LogP contribution in [0.2, 0.25) is 0 Å². The monoisotopic (exact) mass is 485 g/mol. The van der Waals surface area contributed by atoms with Crippen molar-refractivity contribution in [2.45, 2.75) is 32.4 Å². The number of hydrogen-bond donors (Lipinski definition) is 0. The van der Waals surface area contributed by atoms with Gasteiger partial charge in [0.15, 0.2) is 5.49 Å². The predicted molar refractivity (Wildman–Crippen MR) is 125 cm³/mol. The van der Waals surface area contributed by atoms with Gasteiger partial charge in [-0.2, -0.15) is 0 Å². The molecule has 1 fully saturated rings. The zero-order valence-corrected chi connectivity index (χ0v) is 19.7. The van der Waals surface area contributed by atoms with Crippen molar-refractivity contribution in [1.29, 1.82) is 0 Å². The van der Waals surface area contributed by atoms with Gasteiger partial charge in [0.2, 0.25) is 5.91 Å². The average Bonchev–Trinajstić information content (AvgIpc) is 2.84. The fourth-order valence-electron chi connectivity index (χ4n) is 4.84. The molecule has 2 aliphatic heterocycles. The summed E-state index contributed by atoms with van der Waals surface area (Å²) in [5.74, 6) is -0.161. The Morgan fingerprint density at radius 2 is 2.00 bits per heavy atom. The van der Waals surface area contributed by atoms with Crippen LogP contribution < -0.4 is 15.1 Å². The van der Waals surface area contributed by atoms with Crippen molar-refractivity contribution in [2.75, 3.05) is 31.1 Å². The third-order valence-corrected chi connectivity index (χ3v) is 6.78. The first kappa shape index (κ1) is 23.2. The van der Waals surface area contributed by atoms with E-state index in [0.29, 0.717) is 31.7 Å². The van der Waals surface area contributed by atoms with E-state index in [4.69, 9.17) is 4.74 Å². The number of ether oxygens (including phenoxy) is 1. The van der Waals surface area contributed by atoms with Gasteiger partial charge in [-0.3, -0.25) is 9.79 Å². The second-order valence-corrected chi connectivity index (χ2v) is 9.00. The topological polar surface area (TPSA) is 63.0 Å². The minimum Gasteiger partial charge on any atom is -0.489 e. The van der Waals surface area contributed by atoms with E-state index in [1.54, 1.807) is 20.2 Å². The van der Waals surface area contributed by atoms with Crippen LogP contribution in [-0.2, 0) is 11.8 Å². The number of anilines is 1. The number of amides is 1. The van der Waals surface area contributed by atoms with Crippen molar-refractivity contribution < 1.29 is 22.7 Å². The summed E-state index contributed by atoms with van der Waals surface area (Å²) in [6.45, 7) is 5.59. The van der Waals surface area contributed by atoms with Gasteiger partial charge in [-0.1, -0.05) is 18.2 Å². The van der Waals surface area contributed by atoms with Crippen LogP contribution in [0.25, 0.3) is 10.9 Å². The molecule has 2 aliphatic rings. The van der Waals surface area contributed by atoms with Crippen molar-refractivity contribution in [1.82, 2.24) is 14.5 Å². The van der Waals surface area contributed by atoms with E-state index in [9.17, 15) is 18.0 Å². The van der Waals surface area contributed by atoms with Crippen molar-refractivity contribution in [3.63, 3.8) is 0 Å². The quantitative estimate of drug-likeness (QED) is 0.567. The van der Waals surface area contributed by atoms with Gasteiger partial charge in [0, 0.05) is 50.6 Å². The van der Waals surface area contributed by atoms with Crippen molar-refractivity contribution >= 4 is 22.5 Å². The zero-order chi connectivity index (χ0) is 24.9. The molecule has 0 spiro atoms. The molecule has 1 amide bonds. The van der Waals surface area contributed by atoms with Gasteiger partial charge >= 0.3 is 0 Å². The summed E-state index contributed by atoms with van der Waals surface area (Å²) in [7, 11) is 1.86. The van der Waals surface area contributed by atoms with E-state index in [1.807, 2.05) is 28.6 Å². The first-order chi connectivity index (χ1) is 16.7.